The maximum Gasteiger partial charge on any atom is 0.287 e. The van der Waals surface area contributed by atoms with Gasteiger partial charge in [0.2, 0.25) is 0 Å². The lowest BCUT2D eigenvalue weighted by Gasteiger charge is -2.20. The summed E-state index contributed by atoms with van der Waals surface area (Å²) in [5.41, 5.74) is 0.732. The summed E-state index contributed by atoms with van der Waals surface area (Å²) in [6.07, 6.45) is 2.69. The standard InChI is InChI=1S/C8H8O3S.C6H12O5S/c9-12(10,11)7-6-8-4-2-1-3-5-8;1-3-4-11-6(2,7)5-12(8,9)10/h1-7H,(H,9,10,11);3,7H,1,4-5H2,2H3,(H,8,9,10). The fraction of sp³-hybridized carbons (Fsp3) is 0.286. The van der Waals surface area contributed by atoms with Crippen LogP contribution in [-0.2, 0) is 25.0 Å². The Kier molecular flexibility index (Phi) is 9.04. The Morgan fingerprint density at radius 3 is 2.12 bits per heavy atom. The predicted molar refractivity (Wildman–Crippen MR) is 90.2 cm³/mol. The van der Waals surface area contributed by atoms with Crippen molar-refractivity contribution >= 4 is 26.3 Å². The first kappa shape index (κ1) is 22.4. The van der Waals surface area contributed by atoms with E-state index in [4.69, 9.17) is 9.11 Å². The van der Waals surface area contributed by atoms with Crippen molar-refractivity contribution in [1.82, 2.24) is 0 Å². The van der Waals surface area contributed by atoms with Gasteiger partial charge in [-0.05, 0) is 18.6 Å². The van der Waals surface area contributed by atoms with Crippen molar-refractivity contribution in [2.45, 2.75) is 12.7 Å². The molecule has 8 nitrogen and oxygen atoms in total. The topological polar surface area (TPSA) is 138 Å². The second-order valence-electron chi connectivity index (χ2n) is 4.73. The average molecular weight is 380 g/mol. The van der Waals surface area contributed by atoms with Crippen LogP contribution in [0.4, 0.5) is 0 Å². The normalized spacial score (nSPS) is 14.5. The van der Waals surface area contributed by atoms with E-state index in [1.807, 2.05) is 6.07 Å². The zero-order chi connectivity index (χ0) is 18.9. The molecule has 3 N–H and O–H groups in total. The van der Waals surface area contributed by atoms with Gasteiger partial charge >= 0.3 is 0 Å². The van der Waals surface area contributed by atoms with Crippen molar-refractivity contribution in [3.63, 3.8) is 0 Å². The van der Waals surface area contributed by atoms with Gasteiger partial charge in [0, 0.05) is 0 Å². The molecule has 0 aliphatic carbocycles. The minimum atomic E-state index is -4.22. The lowest BCUT2D eigenvalue weighted by atomic mass is 10.2. The number of ether oxygens (including phenoxy) is 1. The summed E-state index contributed by atoms with van der Waals surface area (Å²) in [7, 11) is -8.22. The van der Waals surface area contributed by atoms with Crippen molar-refractivity contribution in [2.24, 2.45) is 0 Å². The predicted octanol–water partition coefficient (Wildman–Crippen LogP) is 1.33. The van der Waals surface area contributed by atoms with Crippen LogP contribution in [0.1, 0.15) is 12.5 Å². The molecule has 0 saturated heterocycles. The molecule has 0 saturated carbocycles. The molecular weight excluding hydrogens is 360 g/mol. The van der Waals surface area contributed by atoms with Gasteiger partial charge in [0.05, 0.1) is 12.0 Å². The Bertz CT molecular complexity index is 734. The van der Waals surface area contributed by atoms with E-state index in [1.165, 1.54) is 12.2 Å². The molecule has 0 spiro atoms. The van der Waals surface area contributed by atoms with Crippen LogP contribution in [0.15, 0.2) is 48.4 Å². The Morgan fingerprint density at radius 2 is 1.71 bits per heavy atom. The summed E-state index contributed by atoms with van der Waals surface area (Å²) >= 11 is 0. The largest absolute Gasteiger partial charge is 0.365 e. The molecule has 1 aromatic rings. The SMILES string of the molecule is C=CCOC(C)(O)CS(=O)(=O)O.O=S(=O)(O)C=Cc1ccccc1. The second kappa shape index (κ2) is 9.67. The average Bonchev–Trinajstić information content (AvgIpc) is 2.42. The van der Waals surface area contributed by atoms with Crippen LogP contribution in [0.2, 0.25) is 0 Å². The van der Waals surface area contributed by atoms with Crippen LogP contribution < -0.4 is 0 Å². The van der Waals surface area contributed by atoms with Crippen LogP contribution >= 0.6 is 0 Å². The molecule has 0 bridgehead atoms. The van der Waals surface area contributed by atoms with E-state index in [1.54, 1.807) is 24.3 Å². The van der Waals surface area contributed by atoms with Gasteiger partial charge in [-0.3, -0.25) is 9.11 Å². The van der Waals surface area contributed by atoms with Crippen LogP contribution in [0, 0.1) is 0 Å². The van der Waals surface area contributed by atoms with Crippen molar-refractivity contribution < 1.29 is 35.8 Å². The summed E-state index contributed by atoms with van der Waals surface area (Å²) < 4.78 is 62.5. The van der Waals surface area contributed by atoms with E-state index in [2.05, 4.69) is 11.3 Å². The Hall–Kier alpha value is -1.56. The molecule has 1 aromatic carbocycles. The van der Waals surface area contributed by atoms with Gasteiger partial charge in [-0.25, -0.2) is 0 Å². The first-order valence-corrected chi connectivity index (χ1v) is 9.59. The number of benzene rings is 1. The van der Waals surface area contributed by atoms with Crippen LogP contribution in [0.5, 0.6) is 0 Å². The van der Waals surface area contributed by atoms with Gasteiger partial charge < -0.3 is 9.84 Å². The minimum Gasteiger partial charge on any atom is -0.365 e. The van der Waals surface area contributed by atoms with Crippen molar-refractivity contribution in [3.8, 4) is 0 Å². The Morgan fingerprint density at radius 1 is 1.17 bits per heavy atom. The highest BCUT2D eigenvalue weighted by Gasteiger charge is 2.27. The smallest absolute Gasteiger partial charge is 0.287 e. The van der Waals surface area contributed by atoms with Gasteiger partial charge in [0.25, 0.3) is 20.2 Å². The van der Waals surface area contributed by atoms with Crippen LogP contribution in [0.25, 0.3) is 6.08 Å². The molecule has 0 aliphatic rings. The summed E-state index contributed by atoms with van der Waals surface area (Å²) in [5.74, 6) is -2.73. The van der Waals surface area contributed by atoms with E-state index in [0.29, 0.717) is 0 Å². The molecule has 0 aromatic heterocycles. The molecule has 10 heteroatoms. The molecule has 0 amide bonds. The first-order chi connectivity index (χ1) is 10.8. The van der Waals surface area contributed by atoms with Crippen molar-refractivity contribution in [2.75, 3.05) is 12.4 Å². The maximum atomic E-state index is 10.3. The summed E-state index contributed by atoms with van der Waals surface area (Å²) in [6, 6.07) is 8.86. The van der Waals surface area contributed by atoms with Gasteiger partial charge in [-0.2, -0.15) is 16.8 Å². The van der Waals surface area contributed by atoms with Crippen LogP contribution in [0.3, 0.4) is 0 Å². The monoisotopic (exact) mass is 380 g/mol. The Labute approximate surface area is 141 Å². The fourth-order valence-corrected chi connectivity index (χ4v) is 2.44. The number of rotatable bonds is 7. The highest BCUT2D eigenvalue weighted by molar-refractivity contribution is 7.88. The van der Waals surface area contributed by atoms with Crippen molar-refractivity contribution in [1.29, 1.82) is 0 Å². The highest BCUT2D eigenvalue weighted by atomic mass is 32.2. The molecule has 1 atom stereocenters. The third-order valence-corrected chi connectivity index (χ3v) is 3.57. The Balaban J connectivity index is 0.000000441. The number of hydrogen-bond donors (Lipinski definition) is 3. The first-order valence-electron chi connectivity index (χ1n) is 6.48. The molecule has 0 heterocycles. The summed E-state index contributed by atoms with van der Waals surface area (Å²) in [5, 5.41) is 9.92. The maximum absolute atomic E-state index is 10.3. The molecular formula is C14H20O8S2. The summed E-state index contributed by atoms with van der Waals surface area (Å²) in [6.45, 7) is 4.47. The van der Waals surface area contributed by atoms with E-state index in [0.717, 1.165) is 17.9 Å². The molecule has 24 heavy (non-hydrogen) atoms. The van der Waals surface area contributed by atoms with Gasteiger partial charge in [-0.15, -0.1) is 6.58 Å². The summed E-state index contributed by atoms with van der Waals surface area (Å²) in [4.78, 5) is 0. The van der Waals surface area contributed by atoms with E-state index in [-0.39, 0.29) is 6.61 Å². The minimum absolute atomic E-state index is 0.0164. The van der Waals surface area contributed by atoms with Gasteiger partial charge in [0.1, 0.15) is 5.75 Å². The zero-order valence-corrected chi connectivity index (χ0v) is 14.6. The van der Waals surface area contributed by atoms with E-state index < -0.39 is 31.8 Å². The second-order valence-corrected chi connectivity index (χ2v) is 7.48. The van der Waals surface area contributed by atoms with Crippen LogP contribution in [-0.4, -0.2) is 49.2 Å². The van der Waals surface area contributed by atoms with Gasteiger partial charge in [0.15, 0.2) is 5.79 Å². The highest BCUT2D eigenvalue weighted by Crippen LogP contribution is 2.08. The molecule has 136 valence electrons. The van der Waals surface area contributed by atoms with E-state index >= 15 is 0 Å². The molecule has 1 unspecified atom stereocenters. The fourth-order valence-electron chi connectivity index (χ4n) is 1.35. The van der Waals surface area contributed by atoms with E-state index in [9.17, 15) is 21.9 Å². The third-order valence-electron chi connectivity index (χ3n) is 2.19. The van der Waals surface area contributed by atoms with Crippen molar-refractivity contribution in [3.05, 3.63) is 54.0 Å². The molecule has 0 radical (unpaired) electrons. The lowest BCUT2D eigenvalue weighted by molar-refractivity contribution is -0.165. The quantitative estimate of drug-likeness (QED) is 0.366. The zero-order valence-electron chi connectivity index (χ0n) is 12.9. The van der Waals surface area contributed by atoms with Gasteiger partial charge in [-0.1, -0.05) is 36.4 Å². The third kappa shape index (κ3) is 14.1. The molecule has 0 fully saturated rings. The lowest BCUT2D eigenvalue weighted by Crippen LogP contribution is -2.36. The molecule has 0 aliphatic heterocycles. The molecule has 1 rings (SSSR count). The number of hydrogen-bond acceptors (Lipinski definition) is 6. The number of aliphatic hydroxyl groups is 1.